The van der Waals surface area contributed by atoms with Crippen molar-refractivity contribution >= 4 is 5.91 Å². The van der Waals surface area contributed by atoms with E-state index in [-0.39, 0.29) is 0 Å². The summed E-state index contributed by atoms with van der Waals surface area (Å²) >= 11 is 0. The zero-order valence-electron chi connectivity index (χ0n) is 11.2. The lowest BCUT2D eigenvalue weighted by Gasteiger charge is -2.26. The lowest BCUT2D eigenvalue weighted by atomic mass is 9.92. The van der Waals surface area contributed by atoms with Gasteiger partial charge in [0.1, 0.15) is 0 Å². The summed E-state index contributed by atoms with van der Waals surface area (Å²) in [4.78, 5) is 14.7. The molecule has 2 saturated carbocycles. The van der Waals surface area contributed by atoms with Crippen molar-refractivity contribution in [1.82, 2.24) is 4.90 Å². The number of carbonyl (C=O) groups is 1. The van der Waals surface area contributed by atoms with E-state index in [1.807, 2.05) is 0 Å². The number of carbonyl (C=O) groups excluding carboxylic acids is 1. The lowest BCUT2D eigenvalue weighted by molar-refractivity contribution is -0.133. The van der Waals surface area contributed by atoms with E-state index in [1.54, 1.807) is 0 Å². The third-order valence-corrected chi connectivity index (χ3v) is 5.47. The summed E-state index contributed by atoms with van der Waals surface area (Å²) in [6.45, 7) is 5.70. The van der Waals surface area contributed by atoms with Crippen molar-refractivity contribution < 1.29 is 4.79 Å². The molecular weight excluding hydrogens is 210 g/mol. The number of fused-ring (bicyclic) bond motifs is 1. The largest absolute Gasteiger partial charge is 0.339 e. The number of likely N-dealkylation sites (tertiary alicyclic amines) is 1. The van der Waals surface area contributed by atoms with Gasteiger partial charge in [-0.25, -0.2) is 0 Å². The smallest absolute Gasteiger partial charge is 0.226 e. The van der Waals surface area contributed by atoms with Crippen LogP contribution in [0.5, 0.6) is 0 Å². The van der Waals surface area contributed by atoms with Gasteiger partial charge in [-0.3, -0.25) is 4.79 Å². The minimum Gasteiger partial charge on any atom is -0.339 e. The van der Waals surface area contributed by atoms with Gasteiger partial charge in [0, 0.05) is 18.5 Å². The molecule has 0 bridgehead atoms. The highest BCUT2D eigenvalue weighted by Crippen LogP contribution is 2.46. The van der Waals surface area contributed by atoms with Crippen LogP contribution in [0.25, 0.3) is 0 Å². The lowest BCUT2D eigenvalue weighted by Crippen LogP contribution is -2.36. The van der Waals surface area contributed by atoms with Gasteiger partial charge in [-0.2, -0.15) is 0 Å². The van der Waals surface area contributed by atoms with E-state index in [9.17, 15) is 4.79 Å². The second kappa shape index (κ2) is 4.29. The molecular formula is C15H25NO. The second-order valence-electron chi connectivity index (χ2n) is 6.77. The Balaban J connectivity index is 1.67. The third-order valence-electron chi connectivity index (χ3n) is 5.47. The molecule has 3 fully saturated rings. The molecule has 17 heavy (non-hydrogen) atoms. The molecule has 3 rings (SSSR count). The molecule has 0 aromatic rings. The van der Waals surface area contributed by atoms with Crippen molar-refractivity contribution in [1.29, 1.82) is 0 Å². The van der Waals surface area contributed by atoms with E-state index in [1.165, 1.54) is 38.5 Å². The van der Waals surface area contributed by atoms with Crippen molar-refractivity contribution in [2.75, 3.05) is 6.54 Å². The topological polar surface area (TPSA) is 20.3 Å². The Labute approximate surface area is 105 Å². The Morgan fingerprint density at radius 1 is 1.18 bits per heavy atom. The van der Waals surface area contributed by atoms with E-state index < -0.39 is 0 Å². The van der Waals surface area contributed by atoms with E-state index in [4.69, 9.17) is 0 Å². The molecule has 1 heterocycles. The summed E-state index contributed by atoms with van der Waals surface area (Å²) in [5.74, 6) is 3.15. The normalized spacial score (nSPS) is 38.4. The summed E-state index contributed by atoms with van der Waals surface area (Å²) in [5.41, 5.74) is 0. The maximum atomic E-state index is 12.5. The fraction of sp³-hybridized carbons (Fsp3) is 0.933. The summed E-state index contributed by atoms with van der Waals surface area (Å²) in [5, 5.41) is 0. The van der Waals surface area contributed by atoms with Crippen LogP contribution in [0.15, 0.2) is 0 Å². The predicted molar refractivity (Wildman–Crippen MR) is 68.5 cm³/mol. The van der Waals surface area contributed by atoms with Crippen LogP contribution >= 0.6 is 0 Å². The molecule has 3 unspecified atom stereocenters. The standard InChI is InChI=1S/C15H25NO/c1-10(2)11-7-12-9-16(13-5-3-4-6-13)15(17)14(12)8-11/h10-14H,3-9H2,1-2H3. The quantitative estimate of drug-likeness (QED) is 0.720. The first-order valence-corrected chi connectivity index (χ1v) is 7.47. The van der Waals surface area contributed by atoms with Gasteiger partial charge in [0.05, 0.1) is 0 Å². The molecule has 2 aliphatic carbocycles. The minimum atomic E-state index is 0.392. The molecule has 1 saturated heterocycles. The Bertz CT molecular complexity index is 306. The summed E-state index contributed by atoms with van der Waals surface area (Å²) in [6, 6.07) is 0.602. The Kier molecular flexibility index (Phi) is 2.92. The molecule has 0 aromatic carbocycles. The number of hydrogen-bond acceptors (Lipinski definition) is 1. The molecule has 0 N–H and O–H groups in total. The molecule has 96 valence electrons. The highest BCUT2D eigenvalue weighted by molar-refractivity contribution is 5.82. The van der Waals surface area contributed by atoms with Gasteiger partial charge in [-0.1, -0.05) is 26.7 Å². The molecule has 1 amide bonds. The number of hydrogen-bond donors (Lipinski definition) is 0. The van der Waals surface area contributed by atoms with Gasteiger partial charge in [0.25, 0.3) is 0 Å². The minimum absolute atomic E-state index is 0.392. The first-order chi connectivity index (χ1) is 8.16. The zero-order valence-corrected chi connectivity index (χ0v) is 11.2. The number of nitrogens with zero attached hydrogens (tertiary/aromatic N) is 1. The summed E-state index contributed by atoms with van der Waals surface area (Å²) in [7, 11) is 0. The van der Waals surface area contributed by atoms with Gasteiger partial charge in [-0.15, -0.1) is 0 Å². The summed E-state index contributed by atoms with van der Waals surface area (Å²) < 4.78 is 0. The first-order valence-electron chi connectivity index (χ1n) is 7.47. The van der Waals surface area contributed by atoms with Crippen LogP contribution in [-0.2, 0) is 4.79 Å². The van der Waals surface area contributed by atoms with Gasteiger partial charge in [0.15, 0.2) is 0 Å². The number of amides is 1. The van der Waals surface area contributed by atoms with Crippen molar-refractivity contribution in [2.45, 2.75) is 58.4 Å². The van der Waals surface area contributed by atoms with Crippen LogP contribution in [0.4, 0.5) is 0 Å². The molecule has 0 radical (unpaired) electrons. The predicted octanol–water partition coefficient (Wildman–Crippen LogP) is 3.07. The van der Waals surface area contributed by atoms with Crippen LogP contribution in [0.3, 0.4) is 0 Å². The fourth-order valence-corrected chi connectivity index (χ4v) is 4.32. The molecule has 3 atom stereocenters. The third kappa shape index (κ3) is 1.90. The van der Waals surface area contributed by atoms with Crippen LogP contribution in [0, 0.1) is 23.7 Å². The van der Waals surface area contributed by atoms with Crippen molar-refractivity contribution in [3.05, 3.63) is 0 Å². The van der Waals surface area contributed by atoms with Crippen LogP contribution < -0.4 is 0 Å². The van der Waals surface area contributed by atoms with Crippen molar-refractivity contribution in [3.8, 4) is 0 Å². The summed E-state index contributed by atoms with van der Waals surface area (Å²) in [6.07, 6.45) is 7.66. The number of rotatable bonds is 2. The molecule has 2 heteroatoms. The van der Waals surface area contributed by atoms with Crippen molar-refractivity contribution in [2.24, 2.45) is 23.7 Å². The highest BCUT2D eigenvalue weighted by atomic mass is 16.2. The highest BCUT2D eigenvalue weighted by Gasteiger charge is 2.48. The van der Waals surface area contributed by atoms with Gasteiger partial charge >= 0.3 is 0 Å². The zero-order chi connectivity index (χ0) is 12.0. The van der Waals surface area contributed by atoms with Crippen LogP contribution in [0.1, 0.15) is 52.4 Å². The fourth-order valence-electron chi connectivity index (χ4n) is 4.32. The molecule has 0 spiro atoms. The second-order valence-corrected chi connectivity index (χ2v) is 6.77. The molecule has 2 nitrogen and oxygen atoms in total. The Morgan fingerprint density at radius 3 is 2.47 bits per heavy atom. The van der Waals surface area contributed by atoms with E-state index >= 15 is 0 Å². The van der Waals surface area contributed by atoms with E-state index in [2.05, 4.69) is 18.7 Å². The van der Waals surface area contributed by atoms with Crippen LogP contribution in [0.2, 0.25) is 0 Å². The Morgan fingerprint density at radius 2 is 1.88 bits per heavy atom. The average molecular weight is 235 g/mol. The monoisotopic (exact) mass is 235 g/mol. The maximum absolute atomic E-state index is 12.5. The van der Waals surface area contributed by atoms with Gasteiger partial charge in [-0.05, 0) is 43.4 Å². The van der Waals surface area contributed by atoms with E-state index in [0.29, 0.717) is 23.8 Å². The van der Waals surface area contributed by atoms with Gasteiger partial charge < -0.3 is 4.90 Å². The SMILES string of the molecule is CC(C)C1CC2CN(C3CCCC3)C(=O)C2C1. The maximum Gasteiger partial charge on any atom is 0.226 e. The molecule has 1 aliphatic heterocycles. The average Bonchev–Trinajstić information content (AvgIpc) is 2.95. The van der Waals surface area contributed by atoms with Gasteiger partial charge in [0.2, 0.25) is 5.91 Å². The molecule has 3 aliphatic rings. The van der Waals surface area contributed by atoms with Crippen LogP contribution in [-0.4, -0.2) is 23.4 Å². The molecule has 0 aromatic heterocycles. The van der Waals surface area contributed by atoms with Crippen molar-refractivity contribution in [3.63, 3.8) is 0 Å². The Hall–Kier alpha value is -0.530. The van der Waals surface area contributed by atoms with E-state index in [0.717, 1.165) is 18.4 Å². The first kappa shape index (κ1) is 11.6.